The fraction of sp³-hybridized carbons (Fsp3) is 0.238. The molecule has 0 atom stereocenters. The third-order valence-electron chi connectivity index (χ3n) is 3.67. The number of hydrogen-bond acceptors (Lipinski definition) is 5. The lowest BCUT2D eigenvalue weighted by Crippen LogP contribution is -2.16. The van der Waals surface area contributed by atoms with Crippen LogP contribution >= 0.6 is 23.4 Å². The molecule has 2 aromatic rings. The molecule has 154 valence electrons. The normalized spacial score (nSPS) is 10.7. The number of carbonyl (C=O) groups excluding carboxylic acids is 2. The molecule has 0 saturated carbocycles. The highest BCUT2D eigenvalue weighted by atomic mass is 35.5. The predicted molar refractivity (Wildman–Crippen MR) is 118 cm³/mol. The molecule has 0 aromatic heterocycles. The molecule has 0 aliphatic rings. The SMILES string of the molecule is CCOc1c(Cl)cc(/C=C/C(=O)Nc2ccccc2SC(=O)N(C)C)cc1OC. The molecule has 1 N–H and O–H groups in total. The second-order valence-corrected chi connectivity index (χ2v) is 7.45. The predicted octanol–water partition coefficient (Wildman–Crippen LogP) is 5.17. The van der Waals surface area contributed by atoms with Crippen molar-refractivity contribution in [2.24, 2.45) is 0 Å². The van der Waals surface area contributed by atoms with Crippen molar-refractivity contribution in [1.29, 1.82) is 0 Å². The Labute approximate surface area is 179 Å². The largest absolute Gasteiger partial charge is 0.493 e. The quantitative estimate of drug-likeness (QED) is 0.480. The van der Waals surface area contributed by atoms with Crippen LogP contribution in [0.25, 0.3) is 6.08 Å². The van der Waals surface area contributed by atoms with E-state index in [1.165, 1.54) is 18.1 Å². The van der Waals surface area contributed by atoms with Crippen molar-refractivity contribution in [2.75, 3.05) is 33.1 Å². The van der Waals surface area contributed by atoms with E-state index >= 15 is 0 Å². The fourth-order valence-electron chi connectivity index (χ4n) is 2.31. The van der Waals surface area contributed by atoms with E-state index in [4.69, 9.17) is 21.1 Å². The van der Waals surface area contributed by atoms with Crippen LogP contribution in [0.15, 0.2) is 47.4 Å². The van der Waals surface area contributed by atoms with Gasteiger partial charge in [0, 0.05) is 25.1 Å². The number of anilines is 1. The third kappa shape index (κ3) is 6.44. The van der Waals surface area contributed by atoms with Gasteiger partial charge in [-0.25, -0.2) is 0 Å². The molecule has 0 fully saturated rings. The number of amides is 2. The lowest BCUT2D eigenvalue weighted by atomic mass is 10.2. The highest BCUT2D eigenvalue weighted by molar-refractivity contribution is 8.13. The number of hydrogen-bond donors (Lipinski definition) is 1. The Balaban J connectivity index is 2.15. The van der Waals surface area contributed by atoms with Crippen LogP contribution in [0.2, 0.25) is 5.02 Å². The van der Waals surface area contributed by atoms with Gasteiger partial charge in [0.05, 0.1) is 24.4 Å². The number of nitrogens with zero attached hydrogens (tertiary/aromatic N) is 1. The minimum Gasteiger partial charge on any atom is -0.493 e. The number of carbonyl (C=O) groups is 2. The van der Waals surface area contributed by atoms with E-state index in [-0.39, 0.29) is 11.1 Å². The number of para-hydroxylation sites is 1. The molecule has 6 nitrogen and oxygen atoms in total. The Morgan fingerprint density at radius 1 is 1.24 bits per heavy atom. The molecule has 8 heteroatoms. The summed E-state index contributed by atoms with van der Waals surface area (Å²) in [6, 6.07) is 10.6. The van der Waals surface area contributed by atoms with Crippen LogP contribution in [-0.2, 0) is 4.79 Å². The van der Waals surface area contributed by atoms with Crippen LogP contribution in [0.3, 0.4) is 0 Å². The van der Waals surface area contributed by atoms with Gasteiger partial charge in [0.1, 0.15) is 0 Å². The summed E-state index contributed by atoms with van der Waals surface area (Å²) < 4.78 is 10.8. The lowest BCUT2D eigenvalue weighted by Gasteiger charge is -2.12. The summed E-state index contributed by atoms with van der Waals surface area (Å²) in [5.41, 5.74) is 1.25. The maximum Gasteiger partial charge on any atom is 0.286 e. The average Bonchev–Trinajstić information content (AvgIpc) is 2.69. The second-order valence-electron chi connectivity index (χ2n) is 6.05. The summed E-state index contributed by atoms with van der Waals surface area (Å²) in [7, 11) is 4.88. The van der Waals surface area contributed by atoms with Crippen molar-refractivity contribution in [3.8, 4) is 11.5 Å². The average molecular weight is 435 g/mol. The monoisotopic (exact) mass is 434 g/mol. The standard InChI is InChI=1S/C21H23ClN2O4S/c1-5-28-20-15(22)12-14(13-17(20)27-4)10-11-19(25)23-16-8-6-7-9-18(16)29-21(26)24(2)3/h6-13H,5H2,1-4H3,(H,23,25)/b11-10+. The van der Waals surface area contributed by atoms with Crippen molar-refractivity contribution in [1.82, 2.24) is 4.90 Å². The summed E-state index contributed by atoms with van der Waals surface area (Å²) in [5, 5.41) is 3.07. The van der Waals surface area contributed by atoms with E-state index in [1.54, 1.807) is 50.5 Å². The molecule has 0 aliphatic heterocycles. The Morgan fingerprint density at radius 2 is 1.97 bits per heavy atom. The maximum atomic E-state index is 12.4. The zero-order valence-corrected chi connectivity index (χ0v) is 18.3. The van der Waals surface area contributed by atoms with Crippen molar-refractivity contribution in [3.63, 3.8) is 0 Å². The van der Waals surface area contributed by atoms with Gasteiger partial charge in [0.15, 0.2) is 11.5 Å². The first-order chi connectivity index (χ1) is 13.8. The first-order valence-electron chi connectivity index (χ1n) is 8.83. The van der Waals surface area contributed by atoms with Crippen LogP contribution in [0.5, 0.6) is 11.5 Å². The fourth-order valence-corrected chi connectivity index (χ4v) is 3.33. The van der Waals surface area contributed by atoms with Crippen molar-refractivity contribution < 1.29 is 19.1 Å². The molecular formula is C21H23ClN2O4S. The number of methoxy groups -OCH3 is 1. The molecule has 2 rings (SSSR count). The zero-order valence-electron chi connectivity index (χ0n) is 16.7. The molecule has 0 radical (unpaired) electrons. The van der Waals surface area contributed by atoms with Gasteiger partial charge in [0.25, 0.3) is 5.24 Å². The summed E-state index contributed by atoms with van der Waals surface area (Å²) in [5.74, 6) is 0.623. The van der Waals surface area contributed by atoms with E-state index < -0.39 is 0 Å². The number of benzene rings is 2. The molecule has 0 spiro atoms. The molecule has 0 aliphatic carbocycles. The van der Waals surface area contributed by atoms with Gasteiger partial charge in [-0.1, -0.05) is 23.7 Å². The van der Waals surface area contributed by atoms with E-state index in [1.807, 2.05) is 13.0 Å². The highest BCUT2D eigenvalue weighted by Gasteiger charge is 2.13. The van der Waals surface area contributed by atoms with Crippen LogP contribution < -0.4 is 14.8 Å². The molecular weight excluding hydrogens is 412 g/mol. The van der Waals surface area contributed by atoms with Crippen LogP contribution in [-0.4, -0.2) is 43.9 Å². The van der Waals surface area contributed by atoms with Crippen LogP contribution in [0.1, 0.15) is 12.5 Å². The van der Waals surface area contributed by atoms with Crippen molar-refractivity contribution >= 4 is 46.3 Å². The van der Waals surface area contributed by atoms with Crippen molar-refractivity contribution in [3.05, 3.63) is 53.1 Å². The molecule has 0 saturated heterocycles. The van der Waals surface area contributed by atoms with Crippen LogP contribution in [0.4, 0.5) is 10.5 Å². The first-order valence-corrected chi connectivity index (χ1v) is 10.0. The highest BCUT2D eigenvalue weighted by Crippen LogP contribution is 2.36. The van der Waals surface area contributed by atoms with E-state index in [0.717, 1.165) is 11.8 Å². The summed E-state index contributed by atoms with van der Waals surface area (Å²) in [4.78, 5) is 26.5. The van der Waals surface area contributed by atoms with Gasteiger partial charge in [-0.3, -0.25) is 9.59 Å². The number of nitrogens with one attached hydrogen (secondary N) is 1. The van der Waals surface area contributed by atoms with E-state index in [9.17, 15) is 9.59 Å². The molecule has 0 heterocycles. The Morgan fingerprint density at radius 3 is 2.62 bits per heavy atom. The number of ether oxygens (including phenoxy) is 2. The minimum absolute atomic E-state index is 0.127. The van der Waals surface area contributed by atoms with Gasteiger partial charge in [-0.2, -0.15) is 0 Å². The Hall–Kier alpha value is -2.64. The van der Waals surface area contributed by atoms with Gasteiger partial charge >= 0.3 is 0 Å². The van der Waals surface area contributed by atoms with E-state index in [2.05, 4.69) is 5.32 Å². The zero-order chi connectivity index (χ0) is 21.4. The molecule has 0 bridgehead atoms. The topological polar surface area (TPSA) is 67.9 Å². The molecule has 2 amide bonds. The Kier molecular flexibility index (Phi) is 8.42. The molecule has 29 heavy (non-hydrogen) atoms. The number of halogens is 1. The van der Waals surface area contributed by atoms with Gasteiger partial charge in [-0.05, 0) is 54.6 Å². The maximum absolute atomic E-state index is 12.4. The summed E-state index contributed by atoms with van der Waals surface area (Å²) >= 11 is 7.30. The number of thioether (sulfide) groups is 1. The number of rotatable bonds is 7. The van der Waals surface area contributed by atoms with Gasteiger partial charge in [-0.15, -0.1) is 0 Å². The minimum atomic E-state index is -0.334. The molecule has 0 unspecified atom stereocenters. The van der Waals surface area contributed by atoms with E-state index in [0.29, 0.717) is 39.3 Å². The second kappa shape index (κ2) is 10.8. The van der Waals surface area contributed by atoms with Crippen LogP contribution in [0, 0.1) is 0 Å². The lowest BCUT2D eigenvalue weighted by molar-refractivity contribution is -0.111. The summed E-state index contributed by atoms with van der Waals surface area (Å²) in [6.07, 6.45) is 3.01. The van der Waals surface area contributed by atoms with Gasteiger partial charge in [0.2, 0.25) is 5.91 Å². The summed E-state index contributed by atoms with van der Waals surface area (Å²) in [6.45, 7) is 2.32. The van der Waals surface area contributed by atoms with Crippen molar-refractivity contribution in [2.45, 2.75) is 11.8 Å². The molecule has 2 aromatic carbocycles. The Bertz CT molecular complexity index is 916. The van der Waals surface area contributed by atoms with Gasteiger partial charge < -0.3 is 19.7 Å². The first kappa shape index (κ1) is 22.6. The smallest absolute Gasteiger partial charge is 0.286 e. The third-order valence-corrected chi connectivity index (χ3v) is 5.07.